The lowest BCUT2D eigenvalue weighted by atomic mass is 10.2. The second-order valence-corrected chi connectivity index (χ2v) is 4.49. The van der Waals surface area contributed by atoms with Crippen LogP contribution in [0.4, 0.5) is 0 Å². The summed E-state index contributed by atoms with van der Waals surface area (Å²) in [5.41, 5.74) is 0. The molecule has 0 fully saturated rings. The normalized spacial score (nSPS) is 15.9. The summed E-state index contributed by atoms with van der Waals surface area (Å²) < 4.78 is 25.2. The Labute approximate surface area is 74.9 Å². The van der Waals surface area contributed by atoms with Crippen molar-refractivity contribution in [1.29, 1.82) is 0 Å². The first-order chi connectivity index (χ1) is 5.62. The second-order valence-electron chi connectivity index (χ2n) is 2.77. The van der Waals surface area contributed by atoms with Crippen LogP contribution in [0.2, 0.25) is 0 Å². The Morgan fingerprint density at radius 2 is 1.83 bits per heavy atom. The molecule has 0 aliphatic heterocycles. The Kier molecular flexibility index (Phi) is 6.55. The minimum atomic E-state index is -3.43. The van der Waals surface area contributed by atoms with Crippen LogP contribution in [-0.2, 0) is 23.5 Å². The lowest BCUT2D eigenvalue weighted by molar-refractivity contribution is 0.261. The summed E-state index contributed by atoms with van der Waals surface area (Å²) in [6, 6.07) is 0. The van der Waals surface area contributed by atoms with Crippen LogP contribution in [0.25, 0.3) is 0 Å². The molecule has 0 bridgehead atoms. The minimum absolute atomic E-state index is 0.0349. The van der Waals surface area contributed by atoms with Gasteiger partial charge in [0.05, 0.1) is 4.55 Å². The number of hydrogen-bond donors (Lipinski definition) is 1. The Balaban J connectivity index is 3.25. The van der Waals surface area contributed by atoms with E-state index in [-0.39, 0.29) is 5.75 Å². The predicted octanol–water partition coefficient (Wildman–Crippen LogP) is 1.61. The van der Waals surface area contributed by atoms with E-state index in [1.54, 1.807) is 0 Å². The van der Waals surface area contributed by atoms with Crippen LogP contribution in [0.15, 0.2) is 0 Å². The van der Waals surface area contributed by atoms with E-state index in [9.17, 15) is 8.76 Å². The molecule has 0 heterocycles. The molecule has 0 aromatic rings. The number of unbranched alkanes of at least 4 members (excludes halogenated alkanes) is 4. The van der Waals surface area contributed by atoms with Crippen LogP contribution in [0.1, 0.15) is 39.0 Å². The van der Waals surface area contributed by atoms with E-state index >= 15 is 0 Å². The van der Waals surface area contributed by atoms with Crippen LogP contribution in [0.3, 0.4) is 0 Å². The van der Waals surface area contributed by atoms with Gasteiger partial charge < -0.3 is 0 Å². The Morgan fingerprint density at radius 3 is 2.33 bits per heavy atom. The Hall–Kier alpha value is 0.0300. The van der Waals surface area contributed by atoms with Crippen LogP contribution in [0, 0.1) is 0 Å². The molecular formula is C7H17NO3S+. The van der Waals surface area contributed by atoms with Crippen molar-refractivity contribution in [2.75, 3.05) is 5.75 Å². The summed E-state index contributed by atoms with van der Waals surface area (Å²) >= 11 is 0. The number of hydrogen-bond acceptors (Lipinski definition) is 3. The highest BCUT2D eigenvalue weighted by Gasteiger charge is 2.28. The van der Waals surface area contributed by atoms with Gasteiger partial charge in [0.25, 0.3) is 0 Å². The van der Waals surface area contributed by atoms with E-state index in [1.165, 1.54) is 0 Å². The van der Waals surface area contributed by atoms with Crippen molar-refractivity contribution in [3.05, 3.63) is 0 Å². The van der Waals surface area contributed by atoms with Gasteiger partial charge in [-0.25, -0.2) is 0 Å². The average molecular weight is 195 g/mol. The number of rotatable bonds is 7. The fourth-order valence-corrected chi connectivity index (χ4v) is 1.58. The van der Waals surface area contributed by atoms with Crippen molar-refractivity contribution in [3.8, 4) is 0 Å². The summed E-state index contributed by atoms with van der Waals surface area (Å²) in [7, 11) is -3.43. The van der Waals surface area contributed by atoms with Gasteiger partial charge in [-0.05, 0) is 21.3 Å². The van der Waals surface area contributed by atoms with Crippen molar-refractivity contribution in [2.24, 2.45) is 5.90 Å². The zero-order chi connectivity index (χ0) is 9.45. The van der Waals surface area contributed by atoms with Crippen molar-refractivity contribution >= 4 is 10.5 Å². The van der Waals surface area contributed by atoms with Crippen molar-refractivity contribution in [2.45, 2.75) is 39.0 Å². The van der Waals surface area contributed by atoms with Gasteiger partial charge in [-0.3, -0.25) is 0 Å². The molecule has 0 aliphatic carbocycles. The van der Waals surface area contributed by atoms with Gasteiger partial charge in [-0.2, -0.15) is 5.90 Å². The molecule has 4 nitrogen and oxygen atoms in total. The van der Waals surface area contributed by atoms with E-state index in [0.717, 1.165) is 25.7 Å². The molecule has 0 aromatic carbocycles. The molecule has 1 unspecified atom stereocenters. The average Bonchev–Trinajstić information content (AvgIpc) is 2.04. The molecule has 73 valence electrons. The summed E-state index contributed by atoms with van der Waals surface area (Å²) in [6.07, 6.45) is 4.95. The molecule has 1 radical (unpaired) electrons. The molecule has 1 atom stereocenters. The molecule has 2 N–H and O–H groups in total. The summed E-state index contributed by atoms with van der Waals surface area (Å²) in [5, 5.41) is 0. The molecular weight excluding hydrogens is 178 g/mol. The lowest BCUT2D eigenvalue weighted by Crippen LogP contribution is -2.20. The van der Waals surface area contributed by atoms with Crippen molar-refractivity contribution in [3.63, 3.8) is 0 Å². The first kappa shape index (κ1) is 12.0. The first-order valence-electron chi connectivity index (χ1n) is 4.23. The molecule has 0 amide bonds. The summed E-state index contributed by atoms with van der Waals surface area (Å²) in [4.78, 5) is 0. The van der Waals surface area contributed by atoms with E-state index in [4.69, 9.17) is 0 Å². The van der Waals surface area contributed by atoms with E-state index in [2.05, 4.69) is 17.1 Å². The zero-order valence-electron chi connectivity index (χ0n) is 7.45. The van der Waals surface area contributed by atoms with Crippen LogP contribution in [0.5, 0.6) is 0 Å². The smallest absolute Gasteiger partial charge is 0.161 e. The fourth-order valence-electron chi connectivity index (χ4n) is 0.931. The molecule has 0 spiro atoms. The molecule has 0 aliphatic rings. The molecule has 0 rings (SSSR count). The molecule has 5 heteroatoms. The molecule has 0 saturated carbocycles. The largest absolute Gasteiger partial charge is 0.413 e. The third-order valence-corrected chi connectivity index (χ3v) is 2.73. The van der Waals surface area contributed by atoms with Crippen LogP contribution in [-0.4, -0.2) is 5.75 Å². The van der Waals surface area contributed by atoms with Crippen LogP contribution >= 0.6 is 0 Å². The predicted molar refractivity (Wildman–Crippen MR) is 47.6 cm³/mol. The highest BCUT2D eigenvalue weighted by molar-refractivity contribution is 7.92. The van der Waals surface area contributed by atoms with Crippen molar-refractivity contribution in [1.82, 2.24) is 0 Å². The third-order valence-electron chi connectivity index (χ3n) is 1.64. The summed E-state index contributed by atoms with van der Waals surface area (Å²) in [5.74, 6) is 4.59. The SMILES string of the molecule is CCCCCCC[S+]([O])(=O)ON. The lowest BCUT2D eigenvalue weighted by Gasteiger charge is -1.97. The molecule has 12 heavy (non-hydrogen) atoms. The first-order valence-corrected chi connectivity index (χ1v) is 5.81. The summed E-state index contributed by atoms with van der Waals surface area (Å²) in [6.45, 7) is 2.11. The maximum atomic E-state index is 10.7. The third kappa shape index (κ3) is 6.72. The van der Waals surface area contributed by atoms with Gasteiger partial charge in [0.1, 0.15) is 0 Å². The van der Waals surface area contributed by atoms with Gasteiger partial charge >= 0.3 is 10.5 Å². The highest BCUT2D eigenvalue weighted by Crippen LogP contribution is 2.07. The second kappa shape index (κ2) is 6.54. The monoisotopic (exact) mass is 195 g/mol. The van der Waals surface area contributed by atoms with Gasteiger partial charge in [-0.1, -0.05) is 26.2 Å². The van der Waals surface area contributed by atoms with E-state index in [1.807, 2.05) is 0 Å². The maximum absolute atomic E-state index is 10.7. The van der Waals surface area contributed by atoms with Gasteiger partial charge in [0.2, 0.25) is 0 Å². The fraction of sp³-hybridized carbons (Fsp3) is 1.00. The Bertz CT molecular complexity index is 152. The topological polar surface area (TPSA) is 72.2 Å². The highest BCUT2D eigenvalue weighted by atomic mass is 32.3. The van der Waals surface area contributed by atoms with Gasteiger partial charge in [0.15, 0.2) is 5.75 Å². The Morgan fingerprint density at radius 1 is 1.25 bits per heavy atom. The number of nitrogens with two attached hydrogens (primary N) is 1. The minimum Gasteiger partial charge on any atom is -0.161 e. The molecule has 0 saturated heterocycles. The van der Waals surface area contributed by atoms with Crippen LogP contribution < -0.4 is 5.90 Å². The zero-order valence-corrected chi connectivity index (χ0v) is 8.27. The van der Waals surface area contributed by atoms with Gasteiger partial charge in [0, 0.05) is 0 Å². The van der Waals surface area contributed by atoms with E-state index in [0.29, 0.717) is 6.42 Å². The van der Waals surface area contributed by atoms with Crippen molar-refractivity contribution < 1.29 is 13.0 Å². The maximum Gasteiger partial charge on any atom is 0.413 e. The van der Waals surface area contributed by atoms with Gasteiger partial charge in [-0.15, -0.1) is 0 Å². The molecule has 0 aromatic heterocycles. The quantitative estimate of drug-likeness (QED) is 0.381. The standard InChI is InChI=1S/C7H17NO3S/c1-2-3-4-5-6-7-12(9,10)11-8/h2-8H2,1H3/q+1. The van der Waals surface area contributed by atoms with E-state index < -0.39 is 10.5 Å².